The van der Waals surface area contributed by atoms with Gasteiger partial charge in [-0.3, -0.25) is 0 Å². The molecule has 0 saturated heterocycles. The number of aromatic nitrogens is 1. The molecule has 1 nitrogen and oxygen atoms in total. The van der Waals surface area contributed by atoms with E-state index in [1.54, 1.807) is 0 Å². The Hall–Kier alpha value is -5.66. The van der Waals surface area contributed by atoms with E-state index < -0.39 is 0 Å². The maximum absolute atomic E-state index is 2.65. The average Bonchev–Trinajstić information content (AvgIpc) is 3.46. The molecule has 0 fully saturated rings. The summed E-state index contributed by atoms with van der Waals surface area (Å²) in [4.78, 5) is 0. The van der Waals surface area contributed by atoms with Crippen LogP contribution in [0.15, 0.2) is 152 Å². The van der Waals surface area contributed by atoms with E-state index in [0.29, 0.717) is 0 Å². The van der Waals surface area contributed by atoms with Gasteiger partial charge in [0.05, 0.1) is 11.6 Å². The third-order valence-electron chi connectivity index (χ3n) is 10.1. The first-order chi connectivity index (χ1) is 22.3. The molecule has 0 aliphatic heterocycles. The Balaban J connectivity index is 1.41. The molecule has 1 atom stereocenters. The van der Waals surface area contributed by atoms with Gasteiger partial charge >= 0.3 is 0 Å². The molecule has 10 rings (SSSR count). The van der Waals surface area contributed by atoms with E-state index >= 15 is 0 Å². The molecule has 1 aliphatic rings. The van der Waals surface area contributed by atoms with Crippen LogP contribution < -0.4 is 0 Å². The predicted octanol–water partition coefficient (Wildman–Crippen LogP) is 12.1. The molecule has 1 aliphatic carbocycles. The first-order valence-electron chi connectivity index (χ1n) is 15.9. The molecule has 1 unspecified atom stereocenters. The standard InChI is InChI=1S/C44H29N/c1-2-14-30-26-31(25-24-28(30)12-1)38-27-39-34-18-6-8-20-36(34)44-43(42(39)35-19-7-5-17-33(35)38)37-21-9-10-22-41(37)45(44)40-23-11-15-29-13-3-4-16-32(29)40/h1-22,24-27,40H,23H2. The normalized spacial score (nSPS) is 14.7. The van der Waals surface area contributed by atoms with Gasteiger partial charge in [-0.15, -0.1) is 0 Å². The largest absolute Gasteiger partial charge is 0.332 e. The monoisotopic (exact) mass is 571 g/mol. The van der Waals surface area contributed by atoms with Gasteiger partial charge in [-0.1, -0.05) is 140 Å². The Morgan fingerprint density at radius 2 is 1.18 bits per heavy atom. The van der Waals surface area contributed by atoms with E-state index in [1.165, 1.54) is 87.1 Å². The van der Waals surface area contributed by atoms with Crippen molar-refractivity contribution in [2.75, 3.05) is 0 Å². The Labute approximate surface area is 261 Å². The van der Waals surface area contributed by atoms with Gasteiger partial charge in [0, 0.05) is 27.1 Å². The molecule has 8 aromatic carbocycles. The summed E-state index contributed by atoms with van der Waals surface area (Å²) in [6, 6.07) is 54.3. The molecule has 1 heterocycles. The molecule has 0 radical (unpaired) electrons. The van der Waals surface area contributed by atoms with Crippen molar-refractivity contribution in [3.05, 3.63) is 163 Å². The van der Waals surface area contributed by atoms with Crippen LogP contribution in [0.5, 0.6) is 0 Å². The lowest BCUT2D eigenvalue weighted by molar-refractivity contribution is 0.626. The number of nitrogens with zero attached hydrogens (tertiary/aromatic N) is 1. The van der Waals surface area contributed by atoms with Crippen molar-refractivity contribution < 1.29 is 0 Å². The molecule has 0 saturated carbocycles. The fourth-order valence-corrected chi connectivity index (χ4v) is 8.14. The maximum atomic E-state index is 2.65. The Morgan fingerprint density at radius 3 is 2.07 bits per heavy atom. The van der Waals surface area contributed by atoms with Crippen LogP contribution in [-0.4, -0.2) is 4.57 Å². The molecule has 0 bridgehead atoms. The summed E-state index contributed by atoms with van der Waals surface area (Å²) < 4.78 is 2.65. The number of hydrogen-bond acceptors (Lipinski definition) is 0. The van der Waals surface area contributed by atoms with Crippen LogP contribution in [0, 0.1) is 0 Å². The summed E-state index contributed by atoms with van der Waals surface area (Å²) in [5.74, 6) is 0. The number of para-hydroxylation sites is 1. The smallest absolute Gasteiger partial charge is 0.0632 e. The molecule has 0 N–H and O–H groups in total. The zero-order valence-electron chi connectivity index (χ0n) is 24.7. The number of rotatable bonds is 2. The van der Waals surface area contributed by atoms with Gasteiger partial charge in [0.1, 0.15) is 0 Å². The predicted molar refractivity (Wildman–Crippen MR) is 193 cm³/mol. The molecule has 0 amide bonds. The van der Waals surface area contributed by atoms with E-state index in [0.717, 1.165) is 6.42 Å². The second-order valence-corrected chi connectivity index (χ2v) is 12.4. The number of benzene rings is 8. The molecule has 1 aromatic heterocycles. The minimum absolute atomic E-state index is 0.220. The Morgan fingerprint density at radius 1 is 0.489 bits per heavy atom. The second-order valence-electron chi connectivity index (χ2n) is 12.4. The summed E-state index contributed by atoms with van der Waals surface area (Å²) in [6.45, 7) is 0. The average molecular weight is 572 g/mol. The molecule has 45 heavy (non-hydrogen) atoms. The van der Waals surface area contributed by atoms with Crippen molar-refractivity contribution in [1.29, 1.82) is 0 Å². The molecule has 9 aromatic rings. The lowest BCUT2D eigenvalue weighted by Gasteiger charge is -2.26. The maximum Gasteiger partial charge on any atom is 0.0632 e. The number of allylic oxidation sites excluding steroid dienone is 1. The van der Waals surface area contributed by atoms with Crippen LogP contribution in [-0.2, 0) is 0 Å². The van der Waals surface area contributed by atoms with E-state index in [4.69, 9.17) is 0 Å². The lowest BCUT2D eigenvalue weighted by atomic mass is 9.88. The van der Waals surface area contributed by atoms with E-state index in [2.05, 4.69) is 162 Å². The van der Waals surface area contributed by atoms with Gasteiger partial charge in [0.15, 0.2) is 0 Å². The van der Waals surface area contributed by atoms with Crippen molar-refractivity contribution in [1.82, 2.24) is 4.57 Å². The Kier molecular flexibility index (Phi) is 5.18. The molecule has 1 heteroatoms. The fourth-order valence-electron chi connectivity index (χ4n) is 8.14. The summed E-state index contributed by atoms with van der Waals surface area (Å²) in [5, 5.41) is 13.1. The summed E-state index contributed by atoms with van der Waals surface area (Å²) in [5.41, 5.74) is 7.87. The van der Waals surface area contributed by atoms with E-state index in [1.807, 2.05) is 0 Å². The molecule has 210 valence electrons. The topological polar surface area (TPSA) is 4.93 Å². The van der Waals surface area contributed by atoms with Crippen molar-refractivity contribution in [2.45, 2.75) is 12.5 Å². The first-order valence-corrected chi connectivity index (χ1v) is 15.9. The zero-order chi connectivity index (χ0) is 29.5. The van der Waals surface area contributed by atoms with Gasteiger partial charge in [0.2, 0.25) is 0 Å². The zero-order valence-corrected chi connectivity index (χ0v) is 24.7. The highest BCUT2D eigenvalue weighted by Gasteiger charge is 2.26. The SMILES string of the molecule is C1=Cc2ccccc2C(n2c3ccccc3c3c4c5ccccc5c(-c5ccc6ccccc6c5)cc4c4ccccc4c32)C1. The van der Waals surface area contributed by atoms with E-state index in [9.17, 15) is 0 Å². The highest BCUT2D eigenvalue weighted by molar-refractivity contribution is 6.37. The number of hydrogen-bond donors (Lipinski definition) is 0. The van der Waals surface area contributed by atoms with Crippen LogP contribution in [0.25, 0.3) is 82.1 Å². The van der Waals surface area contributed by atoms with Crippen molar-refractivity contribution >= 4 is 71.0 Å². The van der Waals surface area contributed by atoms with Gasteiger partial charge in [-0.05, 0) is 79.2 Å². The summed E-state index contributed by atoms with van der Waals surface area (Å²) in [7, 11) is 0. The van der Waals surface area contributed by atoms with Crippen LogP contribution >= 0.6 is 0 Å². The summed E-state index contributed by atoms with van der Waals surface area (Å²) >= 11 is 0. The lowest BCUT2D eigenvalue weighted by Crippen LogP contribution is -2.13. The quantitative estimate of drug-likeness (QED) is 0.182. The number of fused-ring (bicyclic) bond motifs is 12. The second kappa shape index (κ2) is 9.42. The molecular formula is C44H29N. The van der Waals surface area contributed by atoms with E-state index in [-0.39, 0.29) is 6.04 Å². The van der Waals surface area contributed by atoms with Gasteiger partial charge in [-0.2, -0.15) is 0 Å². The minimum atomic E-state index is 0.220. The highest BCUT2D eigenvalue weighted by Crippen LogP contribution is 2.48. The molecule has 0 spiro atoms. The van der Waals surface area contributed by atoms with Crippen molar-refractivity contribution in [3.8, 4) is 11.1 Å². The summed E-state index contributed by atoms with van der Waals surface area (Å²) in [6.07, 6.45) is 5.61. The third-order valence-corrected chi connectivity index (χ3v) is 10.1. The Bertz CT molecular complexity index is 2690. The highest BCUT2D eigenvalue weighted by atomic mass is 15.0. The molecular weight excluding hydrogens is 542 g/mol. The fraction of sp³-hybridized carbons (Fsp3) is 0.0455. The van der Waals surface area contributed by atoms with Crippen LogP contribution in [0.3, 0.4) is 0 Å². The van der Waals surface area contributed by atoms with Crippen LogP contribution in [0.1, 0.15) is 23.6 Å². The third kappa shape index (κ3) is 3.50. The first kappa shape index (κ1) is 24.7. The van der Waals surface area contributed by atoms with Gasteiger partial charge in [-0.25, -0.2) is 0 Å². The van der Waals surface area contributed by atoms with Crippen LogP contribution in [0.4, 0.5) is 0 Å². The minimum Gasteiger partial charge on any atom is -0.332 e. The van der Waals surface area contributed by atoms with Crippen molar-refractivity contribution in [2.24, 2.45) is 0 Å². The van der Waals surface area contributed by atoms with Crippen LogP contribution in [0.2, 0.25) is 0 Å². The van der Waals surface area contributed by atoms with Gasteiger partial charge < -0.3 is 4.57 Å². The van der Waals surface area contributed by atoms with Gasteiger partial charge in [0.25, 0.3) is 0 Å². The van der Waals surface area contributed by atoms with Crippen molar-refractivity contribution in [3.63, 3.8) is 0 Å².